The number of halogens is 1. The van der Waals surface area contributed by atoms with E-state index in [1.807, 2.05) is 0 Å². The molecule has 1 saturated carbocycles. The average Bonchev–Trinajstić information content (AvgIpc) is 2.68. The van der Waals surface area contributed by atoms with Crippen molar-refractivity contribution >= 4 is 34.8 Å². The zero-order valence-corrected chi connectivity index (χ0v) is 15.9. The Bertz CT molecular complexity index is 910. The zero-order valence-electron chi connectivity index (χ0n) is 15.1. The van der Waals surface area contributed by atoms with Crippen molar-refractivity contribution in [2.75, 3.05) is 5.32 Å². The SMILES string of the molecule is O=C(Nc1ccccc1C(=O)NC1CCCCC1)c1ccc([N+](=O)[O-])cc1Cl. The van der Waals surface area contributed by atoms with Gasteiger partial charge in [-0.1, -0.05) is 43.0 Å². The summed E-state index contributed by atoms with van der Waals surface area (Å²) >= 11 is 6.02. The molecule has 1 aliphatic carbocycles. The fourth-order valence-corrected chi connectivity index (χ4v) is 3.55. The van der Waals surface area contributed by atoms with Gasteiger partial charge in [0.25, 0.3) is 17.5 Å². The van der Waals surface area contributed by atoms with E-state index in [0.717, 1.165) is 31.7 Å². The smallest absolute Gasteiger partial charge is 0.270 e. The summed E-state index contributed by atoms with van der Waals surface area (Å²) in [4.78, 5) is 35.5. The molecule has 146 valence electrons. The Balaban J connectivity index is 1.76. The third-order valence-corrected chi connectivity index (χ3v) is 5.08. The molecular weight excluding hydrogens is 382 g/mol. The number of para-hydroxylation sites is 1. The highest BCUT2D eigenvalue weighted by atomic mass is 35.5. The Labute approximate surface area is 167 Å². The number of non-ortho nitro benzene ring substituents is 1. The number of hydrogen-bond acceptors (Lipinski definition) is 4. The van der Waals surface area contributed by atoms with E-state index in [4.69, 9.17) is 11.6 Å². The molecular formula is C20H20ClN3O4. The molecule has 3 rings (SSSR count). The van der Waals surface area contributed by atoms with Gasteiger partial charge in [0.2, 0.25) is 0 Å². The summed E-state index contributed by atoms with van der Waals surface area (Å²) in [6.45, 7) is 0. The van der Waals surface area contributed by atoms with Gasteiger partial charge >= 0.3 is 0 Å². The number of nitro benzene ring substituents is 1. The minimum absolute atomic E-state index is 0.0316. The van der Waals surface area contributed by atoms with E-state index in [-0.39, 0.29) is 28.2 Å². The molecule has 0 bridgehead atoms. The average molecular weight is 402 g/mol. The van der Waals surface area contributed by atoms with Gasteiger partial charge in [-0.3, -0.25) is 19.7 Å². The highest BCUT2D eigenvalue weighted by Crippen LogP contribution is 2.25. The number of carbonyl (C=O) groups is 2. The van der Waals surface area contributed by atoms with Crippen LogP contribution in [0.15, 0.2) is 42.5 Å². The fraction of sp³-hybridized carbons (Fsp3) is 0.300. The Morgan fingerprint density at radius 3 is 2.39 bits per heavy atom. The number of amides is 2. The molecule has 7 nitrogen and oxygen atoms in total. The Kier molecular flexibility index (Phi) is 6.26. The van der Waals surface area contributed by atoms with Gasteiger partial charge in [-0.25, -0.2) is 0 Å². The summed E-state index contributed by atoms with van der Waals surface area (Å²) in [5.41, 5.74) is 0.609. The third-order valence-electron chi connectivity index (χ3n) is 4.77. The predicted molar refractivity (Wildman–Crippen MR) is 107 cm³/mol. The number of hydrogen-bond donors (Lipinski definition) is 2. The van der Waals surface area contributed by atoms with E-state index in [1.165, 1.54) is 18.6 Å². The van der Waals surface area contributed by atoms with Crippen LogP contribution in [0, 0.1) is 10.1 Å². The second-order valence-electron chi connectivity index (χ2n) is 6.73. The first-order valence-electron chi connectivity index (χ1n) is 9.11. The molecule has 1 aliphatic rings. The molecule has 2 amide bonds. The fourth-order valence-electron chi connectivity index (χ4n) is 3.29. The molecule has 8 heteroatoms. The van der Waals surface area contributed by atoms with Gasteiger partial charge in [-0.15, -0.1) is 0 Å². The lowest BCUT2D eigenvalue weighted by molar-refractivity contribution is -0.384. The van der Waals surface area contributed by atoms with Crippen LogP contribution in [0.1, 0.15) is 52.8 Å². The molecule has 0 aromatic heterocycles. The van der Waals surface area contributed by atoms with Gasteiger partial charge in [-0.05, 0) is 31.0 Å². The molecule has 0 unspecified atom stereocenters. The monoisotopic (exact) mass is 401 g/mol. The first kappa shape index (κ1) is 19.8. The maximum atomic E-state index is 12.7. The molecule has 28 heavy (non-hydrogen) atoms. The molecule has 0 aliphatic heterocycles. The molecule has 0 saturated heterocycles. The molecule has 0 heterocycles. The summed E-state index contributed by atoms with van der Waals surface area (Å²) in [6.07, 6.45) is 5.30. The zero-order chi connectivity index (χ0) is 20.1. The van der Waals surface area contributed by atoms with Gasteiger partial charge in [-0.2, -0.15) is 0 Å². The number of rotatable bonds is 5. The van der Waals surface area contributed by atoms with Crippen molar-refractivity contribution in [3.05, 3.63) is 68.7 Å². The summed E-state index contributed by atoms with van der Waals surface area (Å²) in [7, 11) is 0. The van der Waals surface area contributed by atoms with Crippen LogP contribution in [-0.4, -0.2) is 22.8 Å². The summed E-state index contributed by atoms with van der Waals surface area (Å²) in [5, 5.41) is 16.5. The van der Waals surface area contributed by atoms with Crippen LogP contribution in [0.2, 0.25) is 5.02 Å². The topological polar surface area (TPSA) is 101 Å². The molecule has 0 spiro atoms. The first-order chi connectivity index (χ1) is 13.5. The van der Waals surface area contributed by atoms with E-state index in [9.17, 15) is 19.7 Å². The van der Waals surface area contributed by atoms with Crippen LogP contribution in [0.25, 0.3) is 0 Å². The first-order valence-corrected chi connectivity index (χ1v) is 9.48. The minimum atomic E-state index is -0.585. The lowest BCUT2D eigenvalue weighted by Crippen LogP contribution is -2.36. The van der Waals surface area contributed by atoms with Crippen LogP contribution >= 0.6 is 11.6 Å². The summed E-state index contributed by atoms with van der Waals surface area (Å²) < 4.78 is 0. The van der Waals surface area contributed by atoms with Crippen molar-refractivity contribution in [2.45, 2.75) is 38.1 Å². The molecule has 2 aromatic rings. The minimum Gasteiger partial charge on any atom is -0.349 e. The molecule has 0 atom stereocenters. The normalized spacial score (nSPS) is 14.3. The van der Waals surface area contributed by atoms with Gasteiger partial charge in [0.15, 0.2) is 0 Å². The van der Waals surface area contributed by atoms with Gasteiger partial charge in [0.1, 0.15) is 0 Å². The van der Waals surface area contributed by atoms with E-state index in [0.29, 0.717) is 11.3 Å². The number of nitrogens with zero attached hydrogens (tertiary/aromatic N) is 1. The lowest BCUT2D eigenvalue weighted by Gasteiger charge is -2.23. The highest BCUT2D eigenvalue weighted by Gasteiger charge is 2.20. The van der Waals surface area contributed by atoms with Gasteiger partial charge < -0.3 is 10.6 Å². The van der Waals surface area contributed by atoms with E-state index in [2.05, 4.69) is 10.6 Å². The van der Waals surface area contributed by atoms with Crippen molar-refractivity contribution in [3.8, 4) is 0 Å². The lowest BCUT2D eigenvalue weighted by atomic mass is 9.95. The van der Waals surface area contributed by atoms with E-state index in [1.54, 1.807) is 24.3 Å². The van der Waals surface area contributed by atoms with Crippen molar-refractivity contribution in [1.29, 1.82) is 0 Å². The maximum Gasteiger partial charge on any atom is 0.270 e. The quantitative estimate of drug-likeness (QED) is 0.566. The van der Waals surface area contributed by atoms with Crippen molar-refractivity contribution in [3.63, 3.8) is 0 Å². The highest BCUT2D eigenvalue weighted by molar-refractivity contribution is 6.34. The third kappa shape index (κ3) is 4.67. The Hall–Kier alpha value is -2.93. The van der Waals surface area contributed by atoms with Gasteiger partial charge in [0.05, 0.1) is 26.8 Å². The van der Waals surface area contributed by atoms with Crippen LogP contribution in [0.3, 0.4) is 0 Å². The van der Waals surface area contributed by atoms with Crippen molar-refractivity contribution < 1.29 is 14.5 Å². The van der Waals surface area contributed by atoms with Crippen LogP contribution in [0.4, 0.5) is 11.4 Å². The van der Waals surface area contributed by atoms with Crippen molar-refractivity contribution in [2.24, 2.45) is 0 Å². The second kappa shape index (κ2) is 8.84. The standard InChI is InChI=1S/C20H20ClN3O4/c21-17-12-14(24(27)28)10-11-15(17)19(25)23-18-9-5-4-8-16(18)20(26)22-13-6-2-1-3-7-13/h4-5,8-13H,1-3,6-7H2,(H,22,26)(H,23,25). The Morgan fingerprint density at radius 2 is 1.71 bits per heavy atom. The number of nitro groups is 1. The Morgan fingerprint density at radius 1 is 1.00 bits per heavy atom. The van der Waals surface area contributed by atoms with E-state index >= 15 is 0 Å². The molecule has 0 radical (unpaired) electrons. The van der Waals surface area contributed by atoms with Crippen LogP contribution < -0.4 is 10.6 Å². The number of nitrogens with one attached hydrogen (secondary N) is 2. The number of benzene rings is 2. The summed E-state index contributed by atoms with van der Waals surface area (Å²) in [5.74, 6) is -0.782. The van der Waals surface area contributed by atoms with Gasteiger partial charge in [0, 0.05) is 18.2 Å². The predicted octanol–water partition coefficient (Wildman–Crippen LogP) is 4.56. The largest absolute Gasteiger partial charge is 0.349 e. The molecule has 2 aromatic carbocycles. The summed E-state index contributed by atoms with van der Waals surface area (Å²) in [6, 6.07) is 10.5. The van der Waals surface area contributed by atoms with Crippen LogP contribution in [0.5, 0.6) is 0 Å². The maximum absolute atomic E-state index is 12.7. The molecule has 2 N–H and O–H groups in total. The molecule has 1 fully saturated rings. The van der Waals surface area contributed by atoms with E-state index < -0.39 is 10.8 Å². The number of anilines is 1. The van der Waals surface area contributed by atoms with Crippen molar-refractivity contribution in [1.82, 2.24) is 5.32 Å². The van der Waals surface area contributed by atoms with Crippen LogP contribution in [-0.2, 0) is 0 Å². The second-order valence-corrected chi connectivity index (χ2v) is 7.14. The number of carbonyl (C=O) groups excluding carboxylic acids is 2.